The lowest BCUT2D eigenvalue weighted by atomic mass is 10.1. The molecule has 0 aliphatic carbocycles. The van der Waals surface area contributed by atoms with Crippen LogP contribution in [0.3, 0.4) is 0 Å². The Hall–Kier alpha value is -4.75. The molecule has 0 aliphatic heterocycles. The molecule has 7 heteroatoms. The predicted octanol–water partition coefficient (Wildman–Crippen LogP) is 7.42. The Balaban J connectivity index is 1.43. The second kappa shape index (κ2) is 11.6. The Bertz CT molecular complexity index is 1780. The second-order valence-electron chi connectivity index (χ2n) is 9.39. The van der Waals surface area contributed by atoms with E-state index < -0.39 is 0 Å². The normalized spacial score (nSPS) is 11.0. The summed E-state index contributed by atoms with van der Waals surface area (Å²) in [7, 11) is 0. The van der Waals surface area contributed by atoms with E-state index in [1.165, 1.54) is 17.7 Å². The maximum atomic E-state index is 14.2. The van der Waals surface area contributed by atoms with Gasteiger partial charge in [0.1, 0.15) is 18.2 Å². The third kappa shape index (κ3) is 5.37. The van der Waals surface area contributed by atoms with Crippen LogP contribution in [0.1, 0.15) is 16.8 Å². The molecule has 0 radical (unpaired) electrons. The number of aromatic nitrogens is 3. The Morgan fingerprint density at radius 1 is 0.850 bits per heavy atom. The average Bonchev–Trinajstić information content (AvgIpc) is 3.70. The van der Waals surface area contributed by atoms with Crippen LogP contribution in [-0.2, 0) is 19.6 Å². The Kier molecular flexibility index (Phi) is 7.37. The summed E-state index contributed by atoms with van der Waals surface area (Å²) in [6.45, 7) is 2.79. The maximum absolute atomic E-state index is 14.2. The van der Waals surface area contributed by atoms with E-state index in [1.54, 1.807) is 10.8 Å². The highest BCUT2D eigenvalue weighted by atomic mass is 32.1. The number of nitrogens with zero attached hydrogens (tertiary/aromatic N) is 3. The summed E-state index contributed by atoms with van der Waals surface area (Å²) < 4.78 is 13.5. The van der Waals surface area contributed by atoms with E-state index in [9.17, 15) is 4.79 Å². The number of ether oxygens (including phenoxy) is 1. The summed E-state index contributed by atoms with van der Waals surface area (Å²) in [6.07, 6.45) is 3.78. The molecule has 40 heavy (non-hydrogen) atoms. The lowest BCUT2D eigenvalue weighted by Crippen LogP contribution is -2.27. The SMILES string of the molecule is Cc1nc(-c2ccccc2OCc2ccccc2)n(CCc2ccccc2)c(=O)c1-c1ccc(-c2cnco2)s1. The maximum Gasteiger partial charge on any atom is 0.262 e. The molecule has 3 aromatic heterocycles. The van der Waals surface area contributed by atoms with Crippen LogP contribution in [0, 0.1) is 6.92 Å². The van der Waals surface area contributed by atoms with Crippen molar-refractivity contribution in [2.45, 2.75) is 26.5 Å². The number of thiophene rings is 1. The standard InChI is InChI=1S/C33H27N3O3S/c1-23-31(30-17-16-29(40-30)28-20-34-22-39-28)33(37)36(19-18-24-10-4-2-5-11-24)32(35-23)26-14-8-9-15-27(26)38-21-25-12-6-3-7-13-25/h2-17,20,22H,18-19,21H2,1H3. The summed E-state index contributed by atoms with van der Waals surface area (Å²) in [6, 6.07) is 31.9. The van der Waals surface area contributed by atoms with Gasteiger partial charge >= 0.3 is 0 Å². The van der Waals surface area contributed by atoms with Gasteiger partial charge in [-0.1, -0.05) is 72.8 Å². The van der Waals surface area contributed by atoms with Gasteiger partial charge in [-0.3, -0.25) is 9.36 Å². The molecule has 198 valence electrons. The number of hydrogen-bond acceptors (Lipinski definition) is 6. The Labute approximate surface area is 236 Å². The molecular weight excluding hydrogens is 518 g/mol. The van der Waals surface area contributed by atoms with Crippen LogP contribution in [0.4, 0.5) is 0 Å². The van der Waals surface area contributed by atoms with Gasteiger partial charge < -0.3 is 9.15 Å². The third-order valence-electron chi connectivity index (χ3n) is 6.71. The molecular formula is C33H27N3O3S. The van der Waals surface area contributed by atoms with Crippen molar-refractivity contribution in [3.8, 4) is 38.2 Å². The number of oxazole rings is 1. The molecule has 0 fully saturated rings. The van der Waals surface area contributed by atoms with E-state index >= 15 is 0 Å². The first-order valence-corrected chi connectivity index (χ1v) is 13.9. The molecule has 0 spiro atoms. The topological polar surface area (TPSA) is 70.2 Å². The molecule has 0 aliphatic rings. The summed E-state index contributed by atoms with van der Waals surface area (Å²) >= 11 is 1.49. The van der Waals surface area contributed by atoms with E-state index in [0.29, 0.717) is 48.2 Å². The van der Waals surface area contributed by atoms with Crippen molar-refractivity contribution in [3.05, 3.63) is 137 Å². The Morgan fingerprint density at radius 3 is 2.30 bits per heavy atom. The smallest absolute Gasteiger partial charge is 0.262 e. The van der Waals surface area contributed by atoms with Gasteiger partial charge in [0.25, 0.3) is 5.56 Å². The molecule has 0 saturated heterocycles. The van der Waals surface area contributed by atoms with E-state index in [1.807, 2.05) is 91.9 Å². The molecule has 0 amide bonds. The number of benzene rings is 3. The summed E-state index contributed by atoms with van der Waals surface area (Å²) in [4.78, 5) is 25.1. The minimum absolute atomic E-state index is 0.0812. The van der Waals surface area contributed by atoms with Gasteiger partial charge in [-0.2, -0.15) is 0 Å². The highest BCUT2D eigenvalue weighted by Gasteiger charge is 2.21. The fraction of sp³-hybridized carbons (Fsp3) is 0.121. The zero-order valence-electron chi connectivity index (χ0n) is 22.0. The van der Waals surface area contributed by atoms with Crippen molar-refractivity contribution in [3.63, 3.8) is 0 Å². The number of para-hydroxylation sites is 1. The summed E-state index contributed by atoms with van der Waals surface area (Å²) in [5.41, 5.74) is 4.18. The van der Waals surface area contributed by atoms with Crippen molar-refractivity contribution in [2.75, 3.05) is 0 Å². The van der Waals surface area contributed by atoms with Crippen molar-refractivity contribution in [1.29, 1.82) is 0 Å². The van der Waals surface area contributed by atoms with E-state index in [2.05, 4.69) is 17.1 Å². The van der Waals surface area contributed by atoms with Crippen LogP contribution in [0.5, 0.6) is 5.75 Å². The molecule has 0 N–H and O–H groups in total. The zero-order valence-corrected chi connectivity index (χ0v) is 22.8. The molecule has 0 atom stereocenters. The van der Waals surface area contributed by atoms with Gasteiger partial charge in [0.15, 0.2) is 12.2 Å². The third-order valence-corrected chi connectivity index (χ3v) is 7.83. The second-order valence-corrected chi connectivity index (χ2v) is 10.5. The fourth-order valence-corrected chi connectivity index (χ4v) is 5.75. The van der Waals surface area contributed by atoms with Gasteiger partial charge in [0, 0.05) is 11.4 Å². The first-order chi connectivity index (χ1) is 19.7. The quantitative estimate of drug-likeness (QED) is 0.189. The van der Waals surface area contributed by atoms with Gasteiger partial charge in [-0.15, -0.1) is 11.3 Å². The molecule has 6 aromatic rings. The van der Waals surface area contributed by atoms with E-state index in [0.717, 1.165) is 26.4 Å². The van der Waals surface area contributed by atoms with Crippen LogP contribution < -0.4 is 10.3 Å². The van der Waals surface area contributed by atoms with Crippen LogP contribution >= 0.6 is 11.3 Å². The van der Waals surface area contributed by atoms with E-state index in [4.69, 9.17) is 14.1 Å². The summed E-state index contributed by atoms with van der Waals surface area (Å²) in [5.74, 6) is 1.95. The van der Waals surface area contributed by atoms with Crippen molar-refractivity contribution >= 4 is 11.3 Å². The van der Waals surface area contributed by atoms with Gasteiger partial charge in [-0.05, 0) is 48.7 Å². The van der Waals surface area contributed by atoms with Gasteiger partial charge in [0.05, 0.1) is 27.9 Å². The fourth-order valence-electron chi connectivity index (χ4n) is 4.70. The highest BCUT2D eigenvalue weighted by molar-refractivity contribution is 7.18. The molecule has 3 aromatic carbocycles. The Morgan fingerprint density at radius 2 is 1.55 bits per heavy atom. The number of hydrogen-bond donors (Lipinski definition) is 0. The number of rotatable bonds is 9. The molecule has 6 rings (SSSR count). The van der Waals surface area contributed by atoms with Crippen molar-refractivity contribution < 1.29 is 9.15 Å². The van der Waals surface area contributed by atoms with Gasteiger partial charge in [-0.25, -0.2) is 9.97 Å². The molecule has 0 unspecified atom stereocenters. The monoisotopic (exact) mass is 545 g/mol. The molecule has 3 heterocycles. The average molecular weight is 546 g/mol. The molecule has 0 saturated carbocycles. The van der Waals surface area contributed by atoms with Crippen LogP contribution in [0.15, 0.2) is 119 Å². The largest absolute Gasteiger partial charge is 0.488 e. The van der Waals surface area contributed by atoms with Crippen molar-refractivity contribution in [2.24, 2.45) is 0 Å². The van der Waals surface area contributed by atoms with Crippen LogP contribution in [0.25, 0.3) is 32.5 Å². The first-order valence-electron chi connectivity index (χ1n) is 13.1. The minimum Gasteiger partial charge on any atom is -0.488 e. The zero-order chi connectivity index (χ0) is 27.3. The highest BCUT2D eigenvalue weighted by Crippen LogP contribution is 2.35. The minimum atomic E-state index is -0.0812. The lowest BCUT2D eigenvalue weighted by molar-refractivity contribution is 0.307. The molecule has 6 nitrogen and oxygen atoms in total. The van der Waals surface area contributed by atoms with Crippen molar-refractivity contribution in [1.82, 2.24) is 14.5 Å². The molecule has 0 bridgehead atoms. The summed E-state index contributed by atoms with van der Waals surface area (Å²) in [5, 5.41) is 0. The van der Waals surface area contributed by atoms with Crippen LogP contribution in [-0.4, -0.2) is 14.5 Å². The predicted molar refractivity (Wildman–Crippen MR) is 158 cm³/mol. The lowest BCUT2D eigenvalue weighted by Gasteiger charge is -2.18. The van der Waals surface area contributed by atoms with Gasteiger partial charge in [0.2, 0.25) is 0 Å². The number of aryl methyl sites for hydroxylation is 2. The van der Waals surface area contributed by atoms with E-state index in [-0.39, 0.29) is 5.56 Å². The van der Waals surface area contributed by atoms with Crippen LogP contribution in [0.2, 0.25) is 0 Å². The first kappa shape index (κ1) is 25.5.